The smallest absolute Gasteiger partial charge is 0.350 e. The van der Waals surface area contributed by atoms with E-state index < -0.39 is 40.6 Å². The van der Waals surface area contributed by atoms with Crippen LogP contribution in [0, 0.1) is 11.6 Å². The molecule has 1 aliphatic heterocycles. The van der Waals surface area contributed by atoms with E-state index in [-0.39, 0.29) is 5.02 Å². The summed E-state index contributed by atoms with van der Waals surface area (Å²) in [6.07, 6.45) is 0.851. The van der Waals surface area contributed by atoms with E-state index in [9.17, 15) is 18.4 Å². The molecule has 0 atom stereocenters. The van der Waals surface area contributed by atoms with Crippen LogP contribution in [0.4, 0.5) is 14.5 Å². The van der Waals surface area contributed by atoms with Crippen molar-refractivity contribution in [2.24, 2.45) is 0 Å². The van der Waals surface area contributed by atoms with Crippen LogP contribution in [0.2, 0.25) is 5.02 Å². The number of esters is 2. The number of hydrogen-bond donors (Lipinski definition) is 1. The van der Waals surface area contributed by atoms with Crippen molar-refractivity contribution in [1.82, 2.24) is 0 Å². The predicted molar refractivity (Wildman–Crippen MR) is 69.3 cm³/mol. The van der Waals surface area contributed by atoms with Gasteiger partial charge in [0.2, 0.25) is 0 Å². The number of halogens is 3. The second kappa shape index (κ2) is 5.33. The minimum Gasteiger partial charge on any atom is -0.419 e. The summed E-state index contributed by atoms with van der Waals surface area (Å²) in [6, 6.07) is 1.98. The van der Waals surface area contributed by atoms with Gasteiger partial charge in [0.1, 0.15) is 0 Å². The van der Waals surface area contributed by atoms with Crippen LogP contribution in [0.5, 0.6) is 0 Å². The van der Waals surface area contributed by atoms with Crippen LogP contribution in [0.15, 0.2) is 23.9 Å². The highest BCUT2D eigenvalue weighted by Crippen LogP contribution is 2.28. The molecule has 1 saturated heterocycles. The van der Waals surface area contributed by atoms with E-state index in [0.717, 1.165) is 18.3 Å². The van der Waals surface area contributed by atoms with Gasteiger partial charge in [-0.05, 0) is 12.1 Å². The number of benzene rings is 1. The Balaban J connectivity index is 2.28. The van der Waals surface area contributed by atoms with E-state index in [1.165, 1.54) is 13.8 Å². The second-order valence-electron chi connectivity index (χ2n) is 4.60. The molecule has 1 aliphatic rings. The Morgan fingerprint density at radius 1 is 1.19 bits per heavy atom. The molecule has 1 heterocycles. The molecular weight excluding hydrogens is 308 g/mol. The van der Waals surface area contributed by atoms with Gasteiger partial charge >= 0.3 is 11.9 Å². The lowest BCUT2D eigenvalue weighted by atomic mass is 10.2. The summed E-state index contributed by atoms with van der Waals surface area (Å²) in [7, 11) is 0. The summed E-state index contributed by atoms with van der Waals surface area (Å²) in [5.74, 6) is -5.64. The topological polar surface area (TPSA) is 64.6 Å². The van der Waals surface area contributed by atoms with E-state index in [2.05, 4.69) is 5.32 Å². The number of rotatable bonds is 2. The summed E-state index contributed by atoms with van der Waals surface area (Å²) < 4.78 is 36.3. The zero-order valence-corrected chi connectivity index (χ0v) is 11.8. The van der Waals surface area contributed by atoms with E-state index in [1.54, 1.807) is 0 Å². The van der Waals surface area contributed by atoms with Crippen molar-refractivity contribution < 1.29 is 27.8 Å². The van der Waals surface area contributed by atoms with Crippen molar-refractivity contribution in [3.8, 4) is 0 Å². The minimum atomic E-state index is -1.38. The van der Waals surface area contributed by atoms with Crippen LogP contribution in [0.3, 0.4) is 0 Å². The highest BCUT2D eigenvalue weighted by molar-refractivity contribution is 6.33. The third-order valence-corrected chi connectivity index (χ3v) is 2.84. The van der Waals surface area contributed by atoms with Gasteiger partial charge in [-0.2, -0.15) is 0 Å². The van der Waals surface area contributed by atoms with E-state index in [4.69, 9.17) is 21.1 Å². The molecule has 1 aromatic carbocycles. The number of ether oxygens (including phenoxy) is 2. The van der Waals surface area contributed by atoms with Crippen molar-refractivity contribution >= 4 is 29.2 Å². The van der Waals surface area contributed by atoms with Gasteiger partial charge in [-0.3, -0.25) is 0 Å². The van der Waals surface area contributed by atoms with Gasteiger partial charge in [0.05, 0.1) is 10.7 Å². The fourth-order valence-corrected chi connectivity index (χ4v) is 1.78. The average Bonchev–Trinajstić information content (AvgIpc) is 2.35. The van der Waals surface area contributed by atoms with Crippen molar-refractivity contribution in [2.75, 3.05) is 5.32 Å². The van der Waals surface area contributed by atoms with Crippen LogP contribution in [0.25, 0.3) is 0 Å². The molecule has 112 valence electrons. The highest BCUT2D eigenvalue weighted by Gasteiger charge is 2.39. The first kappa shape index (κ1) is 15.2. The average molecular weight is 318 g/mol. The molecule has 1 aromatic rings. The number of anilines is 1. The number of carbonyl (C=O) groups excluding carboxylic acids is 2. The Morgan fingerprint density at radius 2 is 1.76 bits per heavy atom. The monoisotopic (exact) mass is 317 g/mol. The highest BCUT2D eigenvalue weighted by atomic mass is 35.5. The van der Waals surface area contributed by atoms with Crippen LogP contribution >= 0.6 is 11.6 Å². The first-order chi connectivity index (χ1) is 9.71. The molecule has 8 heteroatoms. The number of carbonyl (C=O) groups is 2. The molecule has 0 spiro atoms. The molecule has 0 aromatic heterocycles. The molecular formula is C13H10ClF2NO4. The lowest BCUT2D eigenvalue weighted by molar-refractivity contribution is -0.222. The molecule has 0 unspecified atom stereocenters. The zero-order valence-electron chi connectivity index (χ0n) is 11.0. The maximum Gasteiger partial charge on any atom is 0.350 e. The maximum absolute atomic E-state index is 13.6. The Morgan fingerprint density at radius 3 is 2.33 bits per heavy atom. The van der Waals surface area contributed by atoms with Crippen molar-refractivity contribution in [3.05, 3.63) is 40.6 Å². The van der Waals surface area contributed by atoms with Gasteiger partial charge in [0.25, 0.3) is 5.79 Å². The van der Waals surface area contributed by atoms with Crippen molar-refractivity contribution in [3.63, 3.8) is 0 Å². The molecule has 5 nitrogen and oxygen atoms in total. The van der Waals surface area contributed by atoms with E-state index >= 15 is 0 Å². The summed E-state index contributed by atoms with van der Waals surface area (Å²) in [4.78, 5) is 23.3. The van der Waals surface area contributed by atoms with Crippen LogP contribution in [-0.2, 0) is 19.1 Å². The molecule has 0 aliphatic carbocycles. The fraction of sp³-hybridized carbons (Fsp3) is 0.231. The number of cyclic esters (lactones) is 2. The Labute approximate surface area is 123 Å². The third-order valence-electron chi connectivity index (χ3n) is 2.52. The summed E-state index contributed by atoms with van der Waals surface area (Å²) >= 11 is 5.71. The van der Waals surface area contributed by atoms with Gasteiger partial charge in [-0.1, -0.05) is 11.6 Å². The fourth-order valence-electron chi connectivity index (χ4n) is 1.58. The second-order valence-corrected chi connectivity index (χ2v) is 5.01. The summed E-state index contributed by atoms with van der Waals surface area (Å²) in [5, 5.41) is 2.15. The van der Waals surface area contributed by atoms with Gasteiger partial charge in [0.15, 0.2) is 17.2 Å². The first-order valence-electron chi connectivity index (χ1n) is 5.78. The van der Waals surface area contributed by atoms with Crippen molar-refractivity contribution in [2.45, 2.75) is 19.6 Å². The molecule has 1 fully saturated rings. The lowest BCUT2D eigenvalue weighted by Gasteiger charge is -2.29. The quantitative estimate of drug-likeness (QED) is 0.393. The zero-order chi connectivity index (χ0) is 15.8. The normalized spacial score (nSPS) is 17.1. The minimum absolute atomic E-state index is 0.122. The Bertz CT molecular complexity index is 636. The molecule has 0 bridgehead atoms. The molecule has 1 N–H and O–H groups in total. The molecule has 2 rings (SSSR count). The van der Waals surface area contributed by atoms with Gasteiger partial charge < -0.3 is 14.8 Å². The van der Waals surface area contributed by atoms with Gasteiger partial charge in [0, 0.05) is 20.0 Å². The number of hydrogen-bond acceptors (Lipinski definition) is 5. The van der Waals surface area contributed by atoms with E-state index in [1.807, 2.05) is 0 Å². The van der Waals surface area contributed by atoms with Crippen molar-refractivity contribution in [1.29, 1.82) is 0 Å². The lowest BCUT2D eigenvalue weighted by Crippen LogP contribution is -2.42. The van der Waals surface area contributed by atoms with Crippen LogP contribution in [0.1, 0.15) is 13.8 Å². The van der Waals surface area contributed by atoms with Crippen LogP contribution in [-0.4, -0.2) is 17.7 Å². The van der Waals surface area contributed by atoms with Gasteiger partial charge in [-0.15, -0.1) is 0 Å². The predicted octanol–water partition coefficient (Wildman–Crippen LogP) is 2.75. The van der Waals surface area contributed by atoms with Crippen LogP contribution < -0.4 is 5.32 Å². The third kappa shape index (κ3) is 3.13. The largest absolute Gasteiger partial charge is 0.419 e. The SMILES string of the molecule is CC1(C)OC(=O)C(=CNc2c(Cl)ccc(F)c2F)C(=O)O1. The maximum atomic E-state index is 13.6. The Kier molecular flexibility index (Phi) is 3.87. The first-order valence-corrected chi connectivity index (χ1v) is 6.16. The molecule has 21 heavy (non-hydrogen) atoms. The number of nitrogens with one attached hydrogen (secondary N) is 1. The standard InChI is InChI=1S/C13H10ClF2NO4/c1-13(2)20-11(18)6(12(19)21-13)5-17-10-7(14)3-4-8(15)9(10)16/h3-5,17H,1-2H3. The van der Waals surface area contributed by atoms with E-state index in [0.29, 0.717) is 0 Å². The summed E-state index contributed by atoms with van der Waals surface area (Å²) in [5.41, 5.74) is -0.899. The van der Waals surface area contributed by atoms with Gasteiger partial charge in [-0.25, -0.2) is 18.4 Å². The molecule has 0 saturated carbocycles. The molecule has 0 radical (unpaired) electrons. The molecule has 0 amide bonds. The summed E-state index contributed by atoms with van der Waals surface area (Å²) in [6.45, 7) is 2.77. The Hall–Kier alpha value is -2.15.